The predicted octanol–water partition coefficient (Wildman–Crippen LogP) is 3.41. The number of hydrogen-bond acceptors (Lipinski definition) is 3. The van der Waals surface area contributed by atoms with Crippen LogP contribution in [0, 0.1) is 23.7 Å². The minimum absolute atomic E-state index is 0.367. The molecule has 0 spiro atoms. The summed E-state index contributed by atoms with van der Waals surface area (Å²) < 4.78 is 0. The Kier molecular flexibility index (Phi) is 2.45. The number of hydrogen-bond donors (Lipinski definition) is 1. The molecule has 1 aromatic heterocycles. The molecule has 0 aromatic carbocycles. The third-order valence-corrected chi connectivity index (χ3v) is 5.37. The van der Waals surface area contributed by atoms with Crippen LogP contribution in [0.15, 0.2) is 12.4 Å². The lowest BCUT2D eigenvalue weighted by atomic mass is 9.68. The zero-order chi connectivity index (χ0) is 13.0. The van der Waals surface area contributed by atoms with Crippen molar-refractivity contribution in [3.63, 3.8) is 0 Å². The van der Waals surface area contributed by atoms with Crippen molar-refractivity contribution >= 4 is 5.82 Å². The van der Waals surface area contributed by atoms with Gasteiger partial charge in [0, 0.05) is 17.8 Å². The van der Waals surface area contributed by atoms with Crippen LogP contribution < -0.4 is 5.32 Å². The summed E-state index contributed by atoms with van der Waals surface area (Å²) in [5.74, 6) is 1.84. The zero-order valence-electron chi connectivity index (χ0n) is 11.8. The topological polar surface area (TPSA) is 37.8 Å². The first-order valence-corrected chi connectivity index (χ1v) is 6.97. The Hall–Kier alpha value is -1.12. The fourth-order valence-electron chi connectivity index (χ4n) is 4.34. The van der Waals surface area contributed by atoms with E-state index in [0.29, 0.717) is 16.9 Å². The largest absolute Gasteiger partial charge is 0.366 e. The quantitative estimate of drug-likeness (QED) is 0.867. The Labute approximate surface area is 109 Å². The first-order valence-electron chi connectivity index (χ1n) is 6.97. The summed E-state index contributed by atoms with van der Waals surface area (Å²) in [6, 6.07) is 2.57. The van der Waals surface area contributed by atoms with Crippen molar-refractivity contribution in [3.05, 3.63) is 18.1 Å². The Morgan fingerprint density at radius 3 is 2.67 bits per heavy atom. The van der Waals surface area contributed by atoms with Crippen LogP contribution in [-0.4, -0.2) is 16.0 Å². The number of rotatable bonds is 2. The fourth-order valence-corrected chi connectivity index (χ4v) is 4.34. The Morgan fingerprint density at radius 1 is 1.28 bits per heavy atom. The zero-order valence-corrected chi connectivity index (χ0v) is 11.8. The van der Waals surface area contributed by atoms with Gasteiger partial charge in [0.2, 0.25) is 0 Å². The molecule has 1 aromatic rings. The maximum absolute atomic E-state index is 4.36. The number of nitrogens with zero attached hydrogens (tertiary/aromatic N) is 2. The van der Waals surface area contributed by atoms with Crippen molar-refractivity contribution in [2.45, 2.75) is 53.0 Å². The van der Waals surface area contributed by atoms with E-state index < -0.39 is 0 Å². The van der Waals surface area contributed by atoms with E-state index in [1.54, 1.807) is 6.33 Å². The Morgan fingerprint density at radius 2 is 2.06 bits per heavy atom. The molecule has 3 nitrogen and oxygen atoms in total. The van der Waals surface area contributed by atoms with Gasteiger partial charge in [0.05, 0.1) is 0 Å². The number of anilines is 1. The van der Waals surface area contributed by atoms with Crippen LogP contribution in [0.3, 0.4) is 0 Å². The highest BCUT2D eigenvalue weighted by Crippen LogP contribution is 2.62. The fraction of sp³-hybridized carbons (Fsp3) is 0.733. The molecule has 1 heterocycles. The van der Waals surface area contributed by atoms with E-state index in [4.69, 9.17) is 0 Å². The molecule has 3 heteroatoms. The van der Waals surface area contributed by atoms with Gasteiger partial charge in [-0.2, -0.15) is 0 Å². The normalized spacial score (nSPS) is 36.9. The average molecular weight is 245 g/mol. The van der Waals surface area contributed by atoms with Crippen LogP contribution in [-0.2, 0) is 0 Å². The lowest BCUT2D eigenvalue weighted by molar-refractivity contribution is 0.155. The second-order valence-electron chi connectivity index (χ2n) is 7.04. The summed E-state index contributed by atoms with van der Waals surface area (Å²) >= 11 is 0. The van der Waals surface area contributed by atoms with E-state index in [1.807, 2.05) is 13.0 Å². The molecule has 2 saturated carbocycles. The summed E-state index contributed by atoms with van der Waals surface area (Å²) in [4.78, 5) is 8.53. The Balaban J connectivity index is 1.88. The minimum atomic E-state index is 0.367. The molecule has 3 rings (SSSR count). The highest BCUT2D eigenvalue weighted by molar-refractivity contribution is 5.38. The molecule has 18 heavy (non-hydrogen) atoms. The third-order valence-electron chi connectivity index (χ3n) is 5.37. The van der Waals surface area contributed by atoms with Crippen LogP contribution in [0.4, 0.5) is 5.82 Å². The number of nitrogens with one attached hydrogen (secondary N) is 1. The third kappa shape index (κ3) is 1.63. The highest BCUT2D eigenvalue weighted by atomic mass is 15.1. The second kappa shape index (κ2) is 3.69. The molecule has 0 saturated heterocycles. The maximum Gasteiger partial charge on any atom is 0.129 e. The van der Waals surface area contributed by atoms with E-state index in [0.717, 1.165) is 17.4 Å². The van der Waals surface area contributed by atoms with Gasteiger partial charge in [-0.25, -0.2) is 9.97 Å². The Bertz CT molecular complexity index is 464. The smallest absolute Gasteiger partial charge is 0.129 e. The van der Waals surface area contributed by atoms with Crippen molar-refractivity contribution < 1.29 is 0 Å². The lowest BCUT2D eigenvalue weighted by Crippen LogP contribution is -2.46. The summed E-state index contributed by atoms with van der Waals surface area (Å²) in [6.45, 7) is 9.27. The second-order valence-corrected chi connectivity index (χ2v) is 7.04. The summed E-state index contributed by atoms with van der Waals surface area (Å²) in [5.41, 5.74) is 1.83. The van der Waals surface area contributed by atoms with Crippen LogP contribution in [0.1, 0.15) is 45.7 Å². The maximum atomic E-state index is 4.36. The van der Waals surface area contributed by atoms with Gasteiger partial charge in [0.25, 0.3) is 0 Å². The van der Waals surface area contributed by atoms with Crippen LogP contribution in [0.2, 0.25) is 0 Å². The standard InChI is InChI=1S/C15H23N3/c1-10-7-12(17-9-16-10)18-13-14(2,3)11-5-6-15(13,4)8-11/h7,9,11,13H,5-6,8H2,1-4H3,(H,16,17,18). The summed E-state index contributed by atoms with van der Waals surface area (Å²) in [6.07, 6.45) is 5.76. The molecule has 2 fully saturated rings. The molecule has 0 amide bonds. The van der Waals surface area contributed by atoms with Gasteiger partial charge in [0.1, 0.15) is 12.1 Å². The van der Waals surface area contributed by atoms with Gasteiger partial charge >= 0.3 is 0 Å². The SMILES string of the molecule is Cc1cc(NC2C3(C)CCC(C3)C2(C)C)ncn1. The van der Waals surface area contributed by atoms with Crippen molar-refractivity contribution in [2.24, 2.45) is 16.7 Å². The van der Waals surface area contributed by atoms with Crippen molar-refractivity contribution in [1.29, 1.82) is 0 Å². The van der Waals surface area contributed by atoms with Gasteiger partial charge in [-0.3, -0.25) is 0 Å². The van der Waals surface area contributed by atoms with E-state index in [-0.39, 0.29) is 0 Å². The predicted molar refractivity (Wildman–Crippen MR) is 73.4 cm³/mol. The minimum Gasteiger partial charge on any atom is -0.366 e. The molecular weight excluding hydrogens is 222 g/mol. The van der Waals surface area contributed by atoms with Crippen LogP contribution in [0.25, 0.3) is 0 Å². The summed E-state index contributed by atoms with van der Waals surface area (Å²) in [5, 5.41) is 3.69. The van der Waals surface area contributed by atoms with Gasteiger partial charge in [0.15, 0.2) is 0 Å². The molecule has 0 aliphatic heterocycles. The van der Waals surface area contributed by atoms with Gasteiger partial charge < -0.3 is 5.32 Å². The van der Waals surface area contributed by atoms with Crippen LogP contribution in [0.5, 0.6) is 0 Å². The monoisotopic (exact) mass is 245 g/mol. The molecule has 2 aliphatic carbocycles. The number of aromatic nitrogens is 2. The van der Waals surface area contributed by atoms with E-state index in [2.05, 4.69) is 36.1 Å². The molecule has 2 bridgehead atoms. The van der Waals surface area contributed by atoms with E-state index in [1.165, 1.54) is 19.3 Å². The van der Waals surface area contributed by atoms with Crippen molar-refractivity contribution in [3.8, 4) is 0 Å². The molecule has 1 N–H and O–H groups in total. The van der Waals surface area contributed by atoms with Crippen LogP contribution >= 0.6 is 0 Å². The van der Waals surface area contributed by atoms with Crippen molar-refractivity contribution in [1.82, 2.24) is 9.97 Å². The number of fused-ring (bicyclic) bond motifs is 2. The first-order chi connectivity index (χ1) is 8.42. The molecule has 0 radical (unpaired) electrons. The van der Waals surface area contributed by atoms with Crippen molar-refractivity contribution in [2.75, 3.05) is 5.32 Å². The molecule has 2 aliphatic rings. The van der Waals surface area contributed by atoms with E-state index >= 15 is 0 Å². The van der Waals surface area contributed by atoms with Gasteiger partial charge in [-0.05, 0) is 42.9 Å². The van der Waals surface area contributed by atoms with Gasteiger partial charge in [-0.1, -0.05) is 20.8 Å². The lowest BCUT2D eigenvalue weighted by Gasteiger charge is -2.43. The molecule has 3 unspecified atom stereocenters. The molecular formula is C15H23N3. The number of aryl methyl sites for hydroxylation is 1. The van der Waals surface area contributed by atoms with E-state index in [9.17, 15) is 0 Å². The van der Waals surface area contributed by atoms with Gasteiger partial charge in [-0.15, -0.1) is 0 Å². The first kappa shape index (κ1) is 11.9. The average Bonchev–Trinajstić information content (AvgIpc) is 2.76. The molecule has 98 valence electrons. The summed E-state index contributed by atoms with van der Waals surface area (Å²) in [7, 11) is 0. The highest BCUT2D eigenvalue weighted by Gasteiger charge is 2.59. The molecule has 3 atom stereocenters.